The minimum absolute atomic E-state index is 0.434. The minimum Gasteiger partial charge on any atom is -0.496 e. The van der Waals surface area contributed by atoms with Gasteiger partial charge in [-0.05, 0) is 31.0 Å². The molecule has 0 amide bonds. The van der Waals surface area contributed by atoms with Crippen molar-refractivity contribution in [3.8, 4) is 5.75 Å². The predicted octanol–water partition coefficient (Wildman–Crippen LogP) is 2.60. The fourth-order valence-electron chi connectivity index (χ4n) is 2.11. The van der Waals surface area contributed by atoms with Crippen molar-refractivity contribution >= 4 is 11.8 Å². The summed E-state index contributed by atoms with van der Waals surface area (Å²) in [4.78, 5) is 2.33. The monoisotopic (exact) mass is 282 g/mol. The van der Waals surface area contributed by atoms with Gasteiger partial charge in [0.05, 0.1) is 7.11 Å². The normalized spacial score (nSPS) is 12.7. The van der Waals surface area contributed by atoms with Crippen LogP contribution in [0.1, 0.15) is 18.9 Å². The molecule has 0 spiro atoms. The van der Waals surface area contributed by atoms with E-state index >= 15 is 0 Å². The molecule has 0 aliphatic heterocycles. The molecule has 1 atom stereocenters. The van der Waals surface area contributed by atoms with Gasteiger partial charge >= 0.3 is 0 Å². The molecule has 0 saturated carbocycles. The van der Waals surface area contributed by atoms with E-state index in [0.29, 0.717) is 12.6 Å². The van der Waals surface area contributed by atoms with Crippen LogP contribution in [-0.4, -0.2) is 43.1 Å². The molecule has 2 N–H and O–H groups in total. The number of benzene rings is 1. The van der Waals surface area contributed by atoms with Gasteiger partial charge in [-0.1, -0.05) is 25.1 Å². The second kappa shape index (κ2) is 9.23. The van der Waals surface area contributed by atoms with Gasteiger partial charge in [-0.2, -0.15) is 11.8 Å². The number of ether oxygens (including phenoxy) is 1. The second-order valence-electron chi connectivity index (χ2n) is 4.60. The van der Waals surface area contributed by atoms with Crippen molar-refractivity contribution in [3.05, 3.63) is 29.8 Å². The Kier molecular flexibility index (Phi) is 7.94. The van der Waals surface area contributed by atoms with Gasteiger partial charge in [0.2, 0.25) is 0 Å². The van der Waals surface area contributed by atoms with Crippen LogP contribution in [0.15, 0.2) is 24.3 Å². The molecule has 1 aromatic carbocycles. The highest BCUT2D eigenvalue weighted by Gasteiger charge is 2.14. The molecule has 0 aliphatic carbocycles. The SMILES string of the molecule is CCSCCC(CN)N(C)Cc1ccccc1OC. The van der Waals surface area contributed by atoms with Crippen molar-refractivity contribution < 1.29 is 4.74 Å². The molecule has 0 aromatic heterocycles. The van der Waals surface area contributed by atoms with Crippen molar-refractivity contribution in [1.82, 2.24) is 4.90 Å². The molecule has 0 aliphatic rings. The summed E-state index contributed by atoms with van der Waals surface area (Å²) in [6, 6.07) is 8.61. The van der Waals surface area contributed by atoms with E-state index in [1.807, 2.05) is 23.9 Å². The maximum absolute atomic E-state index is 5.90. The van der Waals surface area contributed by atoms with Gasteiger partial charge in [-0.3, -0.25) is 4.90 Å². The molecule has 19 heavy (non-hydrogen) atoms. The predicted molar refractivity (Wildman–Crippen MR) is 84.9 cm³/mol. The maximum Gasteiger partial charge on any atom is 0.123 e. The highest BCUT2D eigenvalue weighted by Crippen LogP contribution is 2.20. The van der Waals surface area contributed by atoms with Crippen LogP contribution in [0.2, 0.25) is 0 Å². The standard InChI is InChI=1S/C15H26N2OS/c1-4-19-10-9-14(11-16)17(2)12-13-7-5-6-8-15(13)18-3/h5-8,14H,4,9-12,16H2,1-3H3. The van der Waals surface area contributed by atoms with Crippen molar-refractivity contribution in [2.45, 2.75) is 25.9 Å². The first-order valence-electron chi connectivity index (χ1n) is 6.82. The summed E-state index contributed by atoms with van der Waals surface area (Å²) in [5.74, 6) is 3.30. The van der Waals surface area contributed by atoms with Crippen LogP contribution in [-0.2, 0) is 6.54 Å². The maximum atomic E-state index is 5.90. The van der Waals surface area contributed by atoms with E-state index in [0.717, 1.165) is 18.7 Å². The number of nitrogens with zero attached hydrogens (tertiary/aromatic N) is 1. The number of hydrogen-bond donors (Lipinski definition) is 1. The van der Waals surface area contributed by atoms with Crippen LogP contribution in [0, 0.1) is 0 Å². The summed E-state index contributed by atoms with van der Waals surface area (Å²) in [7, 11) is 3.86. The minimum atomic E-state index is 0.434. The van der Waals surface area contributed by atoms with Crippen LogP contribution in [0.4, 0.5) is 0 Å². The Morgan fingerprint density at radius 3 is 2.74 bits per heavy atom. The van der Waals surface area contributed by atoms with Crippen molar-refractivity contribution in [1.29, 1.82) is 0 Å². The second-order valence-corrected chi connectivity index (χ2v) is 6.00. The van der Waals surface area contributed by atoms with Gasteiger partial charge in [0.15, 0.2) is 0 Å². The molecule has 0 fully saturated rings. The van der Waals surface area contributed by atoms with Gasteiger partial charge in [0.25, 0.3) is 0 Å². The summed E-state index contributed by atoms with van der Waals surface area (Å²) in [5.41, 5.74) is 7.11. The van der Waals surface area contributed by atoms with Crippen molar-refractivity contribution in [2.24, 2.45) is 5.73 Å². The average molecular weight is 282 g/mol. The van der Waals surface area contributed by atoms with E-state index in [4.69, 9.17) is 10.5 Å². The summed E-state index contributed by atoms with van der Waals surface area (Å²) < 4.78 is 5.40. The highest BCUT2D eigenvalue weighted by atomic mass is 32.2. The van der Waals surface area contributed by atoms with E-state index < -0.39 is 0 Å². The van der Waals surface area contributed by atoms with E-state index in [-0.39, 0.29) is 0 Å². The summed E-state index contributed by atoms with van der Waals surface area (Å²) in [6.45, 7) is 3.78. The topological polar surface area (TPSA) is 38.5 Å². The molecular weight excluding hydrogens is 256 g/mol. The third-order valence-corrected chi connectivity index (χ3v) is 4.24. The number of likely N-dealkylation sites (N-methyl/N-ethyl adjacent to an activating group) is 1. The third kappa shape index (κ3) is 5.43. The quantitative estimate of drug-likeness (QED) is 0.707. The molecule has 0 bridgehead atoms. The van der Waals surface area contributed by atoms with Crippen molar-refractivity contribution in [3.63, 3.8) is 0 Å². The average Bonchev–Trinajstić information content (AvgIpc) is 2.44. The van der Waals surface area contributed by atoms with Crippen LogP contribution in [0.25, 0.3) is 0 Å². The van der Waals surface area contributed by atoms with Gasteiger partial charge in [-0.25, -0.2) is 0 Å². The zero-order valence-corrected chi connectivity index (χ0v) is 13.1. The summed E-state index contributed by atoms with van der Waals surface area (Å²) >= 11 is 1.98. The number of hydrogen-bond acceptors (Lipinski definition) is 4. The molecule has 1 aromatic rings. The lowest BCUT2D eigenvalue weighted by molar-refractivity contribution is 0.231. The largest absolute Gasteiger partial charge is 0.496 e. The molecule has 0 saturated heterocycles. The fraction of sp³-hybridized carbons (Fsp3) is 0.600. The zero-order chi connectivity index (χ0) is 14.1. The van der Waals surface area contributed by atoms with E-state index in [1.54, 1.807) is 7.11 Å². The Labute approximate surface area is 121 Å². The Bertz CT molecular complexity index is 360. The van der Waals surface area contributed by atoms with E-state index in [9.17, 15) is 0 Å². The van der Waals surface area contributed by atoms with Crippen LogP contribution >= 0.6 is 11.8 Å². The Morgan fingerprint density at radius 2 is 2.11 bits per heavy atom. The molecule has 1 rings (SSSR count). The van der Waals surface area contributed by atoms with Crippen LogP contribution in [0.3, 0.4) is 0 Å². The molecule has 3 nitrogen and oxygen atoms in total. The van der Waals surface area contributed by atoms with Crippen LogP contribution in [0.5, 0.6) is 5.75 Å². The lowest BCUT2D eigenvalue weighted by Crippen LogP contribution is -2.38. The fourth-order valence-corrected chi connectivity index (χ4v) is 2.84. The first-order valence-corrected chi connectivity index (χ1v) is 7.98. The molecule has 108 valence electrons. The number of rotatable bonds is 9. The summed E-state index contributed by atoms with van der Waals surface area (Å²) in [5, 5.41) is 0. The highest BCUT2D eigenvalue weighted by molar-refractivity contribution is 7.99. The molecule has 0 radical (unpaired) electrons. The Balaban J connectivity index is 2.58. The third-order valence-electron chi connectivity index (χ3n) is 3.31. The van der Waals surface area contributed by atoms with Gasteiger partial charge in [0, 0.05) is 24.7 Å². The van der Waals surface area contributed by atoms with Gasteiger partial charge in [-0.15, -0.1) is 0 Å². The lowest BCUT2D eigenvalue weighted by Gasteiger charge is -2.27. The van der Waals surface area contributed by atoms with Crippen LogP contribution < -0.4 is 10.5 Å². The molecule has 4 heteroatoms. The smallest absolute Gasteiger partial charge is 0.123 e. The lowest BCUT2D eigenvalue weighted by atomic mass is 10.1. The summed E-state index contributed by atoms with van der Waals surface area (Å²) in [6.07, 6.45) is 1.14. The number of thioether (sulfide) groups is 1. The first kappa shape index (κ1) is 16.3. The molecule has 1 unspecified atom stereocenters. The van der Waals surface area contributed by atoms with E-state index in [1.165, 1.54) is 17.1 Å². The molecule has 0 heterocycles. The molecular formula is C15H26N2OS. The zero-order valence-electron chi connectivity index (χ0n) is 12.3. The Morgan fingerprint density at radius 1 is 1.37 bits per heavy atom. The number of methoxy groups -OCH3 is 1. The van der Waals surface area contributed by atoms with Crippen molar-refractivity contribution in [2.75, 3.05) is 32.2 Å². The first-order chi connectivity index (χ1) is 9.22. The van der Waals surface area contributed by atoms with Gasteiger partial charge in [0.1, 0.15) is 5.75 Å². The number of nitrogens with two attached hydrogens (primary N) is 1. The Hall–Kier alpha value is -0.710. The van der Waals surface area contributed by atoms with E-state index in [2.05, 4.69) is 31.0 Å². The number of para-hydroxylation sites is 1. The van der Waals surface area contributed by atoms with Gasteiger partial charge < -0.3 is 10.5 Å².